The second-order valence-electron chi connectivity index (χ2n) is 7.47. The smallest absolute Gasteiger partial charge is 0.270 e. The Bertz CT molecular complexity index is 1280. The zero-order valence-electron chi connectivity index (χ0n) is 17.9. The van der Waals surface area contributed by atoms with Crippen molar-refractivity contribution in [3.05, 3.63) is 54.6 Å². The maximum Gasteiger partial charge on any atom is 0.270 e. The topological polar surface area (TPSA) is 122 Å². The summed E-state index contributed by atoms with van der Waals surface area (Å²) in [5.41, 5.74) is 4.39. The van der Waals surface area contributed by atoms with Crippen LogP contribution in [0.4, 0.5) is 0 Å². The maximum atomic E-state index is 12.4. The van der Waals surface area contributed by atoms with Crippen LogP contribution >= 0.6 is 0 Å². The Kier molecular flexibility index (Phi) is 6.24. The third kappa shape index (κ3) is 4.66. The van der Waals surface area contributed by atoms with E-state index in [9.17, 15) is 4.79 Å². The van der Waals surface area contributed by atoms with Gasteiger partial charge in [0.1, 0.15) is 11.3 Å². The molecular formula is C23H23N7O2. The van der Waals surface area contributed by atoms with Crippen LogP contribution in [-0.2, 0) is 11.3 Å². The lowest BCUT2D eigenvalue weighted by atomic mass is 10.1. The molecule has 162 valence electrons. The van der Waals surface area contributed by atoms with Gasteiger partial charge in [0, 0.05) is 42.1 Å². The number of nitriles is 1. The van der Waals surface area contributed by atoms with Crippen molar-refractivity contribution in [3.8, 4) is 28.6 Å². The molecule has 4 rings (SSSR count). The summed E-state index contributed by atoms with van der Waals surface area (Å²) in [5.74, 6) is -0.307. The molecule has 0 spiro atoms. The van der Waals surface area contributed by atoms with E-state index in [1.165, 1.54) is 0 Å². The fourth-order valence-corrected chi connectivity index (χ4v) is 3.33. The van der Waals surface area contributed by atoms with Gasteiger partial charge in [-0.15, -0.1) is 0 Å². The normalized spacial score (nSPS) is 11.9. The molecule has 32 heavy (non-hydrogen) atoms. The summed E-state index contributed by atoms with van der Waals surface area (Å²) < 4.78 is 6.93. The van der Waals surface area contributed by atoms with E-state index in [1.54, 1.807) is 38.6 Å². The number of rotatable bonds is 8. The van der Waals surface area contributed by atoms with Crippen LogP contribution < -0.4 is 5.32 Å². The molecule has 0 aliphatic rings. The third-order valence-electron chi connectivity index (χ3n) is 4.99. The van der Waals surface area contributed by atoms with Gasteiger partial charge in [-0.1, -0.05) is 6.07 Å². The molecule has 1 unspecified atom stereocenters. The molecule has 1 atom stereocenters. The quantitative estimate of drug-likeness (QED) is 0.444. The molecule has 0 radical (unpaired) electrons. The lowest BCUT2D eigenvalue weighted by Crippen LogP contribution is -2.32. The van der Waals surface area contributed by atoms with Gasteiger partial charge in [0.25, 0.3) is 5.91 Å². The molecule has 0 fully saturated rings. The first kappa shape index (κ1) is 21.2. The number of aromatic nitrogens is 5. The molecule has 0 aliphatic heterocycles. The van der Waals surface area contributed by atoms with Crippen LogP contribution in [0, 0.1) is 11.3 Å². The fourth-order valence-electron chi connectivity index (χ4n) is 3.33. The minimum absolute atomic E-state index is 0.242. The van der Waals surface area contributed by atoms with Crippen molar-refractivity contribution in [2.24, 2.45) is 0 Å². The molecule has 1 amide bonds. The monoisotopic (exact) mass is 429 g/mol. The number of hydrogen-bond acceptors (Lipinski definition) is 6. The van der Waals surface area contributed by atoms with Gasteiger partial charge in [0.15, 0.2) is 0 Å². The summed E-state index contributed by atoms with van der Waals surface area (Å²) in [7, 11) is 1.66. The van der Waals surface area contributed by atoms with E-state index in [0.29, 0.717) is 24.5 Å². The van der Waals surface area contributed by atoms with Crippen LogP contribution in [0.1, 0.15) is 23.8 Å². The van der Waals surface area contributed by atoms with E-state index in [1.807, 2.05) is 35.1 Å². The van der Waals surface area contributed by atoms with Crippen LogP contribution in [-0.4, -0.2) is 50.4 Å². The second-order valence-corrected chi connectivity index (χ2v) is 7.47. The zero-order valence-corrected chi connectivity index (χ0v) is 17.9. The number of nitrogens with zero attached hydrogens (tertiary/aromatic N) is 5. The van der Waals surface area contributed by atoms with Crippen LogP contribution in [0.15, 0.2) is 48.9 Å². The first-order valence-electron chi connectivity index (χ1n) is 10.2. The molecule has 9 nitrogen and oxygen atoms in total. The molecular weight excluding hydrogens is 406 g/mol. The lowest BCUT2D eigenvalue weighted by molar-refractivity contribution is 0.0936. The van der Waals surface area contributed by atoms with Gasteiger partial charge in [-0.3, -0.25) is 9.48 Å². The van der Waals surface area contributed by atoms with Gasteiger partial charge in [-0.2, -0.15) is 10.4 Å². The summed E-state index contributed by atoms with van der Waals surface area (Å²) in [6.07, 6.45) is 5.74. The summed E-state index contributed by atoms with van der Waals surface area (Å²) in [5, 5.41) is 16.8. The molecule has 4 aromatic rings. The van der Waals surface area contributed by atoms with Gasteiger partial charge >= 0.3 is 0 Å². The molecule has 0 bridgehead atoms. The number of fused-ring (bicyclic) bond motifs is 1. The van der Waals surface area contributed by atoms with Crippen molar-refractivity contribution in [3.63, 3.8) is 0 Å². The highest BCUT2D eigenvalue weighted by Gasteiger charge is 2.13. The van der Waals surface area contributed by atoms with Crippen molar-refractivity contribution >= 4 is 16.9 Å². The van der Waals surface area contributed by atoms with Gasteiger partial charge in [-0.05, 0) is 31.2 Å². The van der Waals surface area contributed by atoms with Crippen molar-refractivity contribution in [2.45, 2.75) is 25.9 Å². The molecule has 0 aromatic carbocycles. The lowest BCUT2D eigenvalue weighted by Gasteiger charge is -2.10. The number of carbonyl (C=O) groups is 1. The first-order chi connectivity index (χ1) is 15.6. The molecule has 0 saturated carbocycles. The molecule has 0 saturated heterocycles. The van der Waals surface area contributed by atoms with Crippen molar-refractivity contribution in [1.82, 2.24) is 30.0 Å². The van der Waals surface area contributed by atoms with Gasteiger partial charge in [0.2, 0.25) is 0 Å². The van der Waals surface area contributed by atoms with E-state index in [4.69, 9.17) is 10.00 Å². The minimum atomic E-state index is -0.307. The number of ether oxygens (including phenoxy) is 1. The average molecular weight is 429 g/mol. The number of H-pyrrole nitrogens is 1. The number of amides is 1. The predicted molar refractivity (Wildman–Crippen MR) is 120 cm³/mol. The number of carbonyl (C=O) groups excluding carboxylic acids is 1. The van der Waals surface area contributed by atoms with Crippen LogP contribution in [0.2, 0.25) is 0 Å². The Hall–Kier alpha value is -4.03. The first-order valence-corrected chi connectivity index (χ1v) is 10.2. The average Bonchev–Trinajstić information content (AvgIpc) is 3.44. The molecule has 4 aromatic heterocycles. The van der Waals surface area contributed by atoms with Gasteiger partial charge in [0.05, 0.1) is 43.2 Å². The zero-order chi connectivity index (χ0) is 22.5. The largest absolute Gasteiger partial charge is 0.383 e. The summed E-state index contributed by atoms with van der Waals surface area (Å²) in [6.45, 7) is 3.07. The number of hydrogen-bond donors (Lipinski definition) is 2. The number of methoxy groups -OCH3 is 1. The highest BCUT2D eigenvalue weighted by atomic mass is 16.5. The highest BCUT2D eigenvalue weighted by molar-refractivity contribution is 5.93. The van der Waals surface area contributed by atoms with E-state index < -0.39 is 0 Å². The molecule has 2 N–H and O–H groups in total. The Morgan fingerprint density at radius 3 is 3.00 bits per heavy atom. The Balaban J connectivity index is 1.57. The summed E-state index contributed by atoms with van der Waals surface area (Å²) >= 11 is 0. The number of nitrogens with one attached hydrogen (secondary N) is 2. The van der Waals surface area contributed by atoms with E-state index in [-0.39, 0.29) is 18.4 Å². The van der Waals surface area contributed by atoms with Gasteiger partial charge < -0.3 is 15.0 Å². The van der Waals surface area contributed by atoms with Crippen LogP contribution in [0.5, 0.6) is 0 Å². The number of pyridine rings is 2. The van der Waals surface area contributed by atoms with E-state index >= 15 is 0 Å². The minimum Gasteiger partial charge on any atom is -0.383 e. The standard InChI is InChI=1S/C23H23N7O2/c1-15(6-7-24)27-23(31)20-5-3-4-19(28-20)17-10-16-11-21(29-22(16)25-12-17)18-13-26-30(14-18)8-9-32-2/h3-5,10-15H,6,8-9H2,1-2H3,(H,25,29)(H,27,31). The Morgan fingerprint density at radius 2 is 2.19 bits per heavy atom. The molecule has 9 heteroatoms. The summed E-state index contributed by atoms with van der Waals surface area (Å²) in [4.78, 5) is 24.8. The van der Waals surface area contributed by atoms with Crippen LogP contribution in [0.3, 0.4) is 0 Å². The molecule has 4 heterocycles. The second kappa shape index (κ2) is 9.41. The molecule has 0 aliphatic carbocycles. The highest BCUT2D eigenvalue weighted by Crippen LogP contribution is 2.26. The van der Waals surface area contributed by atoms with Crippen molar-refractivity contribution in [2.75, 3.05) is 13.7 Å². The third-order valence-corrected chi connectivity index (χ3v) is 4.99. The number of aromatic amines is 1. The maximum absolute atomic E-state index is 12.4. The van der Waals surface area contributed by atoms with Crippen LogP contribution in [0.25, 0.3) is 33.5 Å². The van der Waals surface area contributed by atoms with Crippen molar-refractivity contribution < 1.29 is 9.53 Å². The Labute approximate surface area is 185 Å². The Morgan fingerprint density at radius 1 is 1.31 bits per heavy atom. The SMILES string of the molecule is COCCn1cc(-c2cc3cc(-c4cccc(C(=O)NC(C)CC#N)n4)cnc3[nH]2)cn1. The fraction of sp³-hybridized carbons (Fsp3) is 0.261. The van der Waals surface area contributed by atoms with E-state index in [2.05, 4.69) is 25.4 Å². The van der Waals surface area contributed by atoms with E-state index in [0.717, 1.165) is 27.9 Å². The predicted octanol–water partition coefficient (Wildman–Crippen LogP) is 3.17. The summed E-state index contributed by atoms with van der Waals surface area (Å²) in [6, 6.07) is 11.1. The van der Waals surface area contributed by atoms with Crippen molar-refractivity contribution in [1.29, 1.82) is 5.26 Å². The van der Waals surface area contributed by atoms with Gasteiger partial charge in [-0.25, -0.2) is 9.97 Å².